The third-order valence-electron chi connectivity index (χ3n) is 3.95. The van der Waals surface area contributed by atoms with Gasteiger partial charge in [-0.05, 0) is 6.07 Å². The van der Waals surface area contributed by atoms with E-state index >= 15 is 0 Å². The van der Waals surface area contributed by atoms with Crippen LogP contribution < -0.4 is 11.4 Å². The first-order chi connectivity index (χ1) is 12.3. The molecule has 7 atom stereocenters. The first-order valence-corrected chi connectivity index (χ1v) is 7.73. The first kappa shape index (κ1) is 20.7. The van der Waals surface area contributed by atoms with E-state index in [0.717, 1.165) is 11.2 Å². The van der Waals surface area contributed by atoms with E-state index in [4.69, 9.17) is 30.9 Å². The van der Waals surface area contributed by atoms with Crippen LogP contribution in [0, 0.1) is 6.61 Å². The minimum Gasteiger partial charge on any atom is -0.394 e. The highest BCUT2D eigenvalue weighted by molar-refractivity contribution is 5.23. The quantitative estimate of drug-likeness (QED) is 0.269. The number of ether oxygens (including phenoxy) is 2. The molecule has 2 aliphatic heterocycles. The van der Waals surface area contributed by atoms with Crippen LogP contribution in [0.2, 0.25) is 0 Å². The van der Waals surface area contributed by atoms with Gasteiger partial charge in [0.25, 0.3) is 0 Å². The van der Waals surface area contributed by atoms with Gasteiger partial charge in [0.2, 0.25) is 0 Å². The lowest BCUT2D eigenvalue weighted by Gasteiger charge is -2.16. The standard InChI is InChI=1S/C9H13N3O5.C5H9O4/c10-5-1-2-12(9(16)11-5)8-7(15)6(14)4(3-13)17-8;6-1-4-5(8)3(7)2-9-4/h1-2,4,6-8,13-15H,3H2,(H2,10,11,16);2-8H,1H2/t4-,6?,7?,8-;3-,4+,5-/m10/s1. The summed E-state index contributed by atoms with van der Waals surface area (Å²) in [6.07, 6.45) is -5.85. The van der Waals surface area contributed by atoms with Gasteiger partial charge in [0, 0.05) is 6.20 Å². The van der Waals surface area contributed by atoms with Crippen molar-refractivity contribution in [3.05, 3.63) is 29.4 Å². The van der Waals surface area contributed by atoms with Crippen LogP contribution in [0.1, 0.15) is 6.23 Å². The predicted molar refractivity (Wildman–Crippen MR) is 84.2 cm³/mol. The number of nitrogen functional groups attached to an aromatic ring is 1. The molecule has 1 aromatic heterocycles. The molecule has 3 rings (SSSR count). The second-order valence-electron chi connectivity index (χ2n) is 5.75. The van der Waals surface area contributed by atoms with Gasteiger partial charge in [0.05, 0.1) is 13.2 Å². The van der Waals surface area contributed by atoms with Gasteiger partial charge in [-0.15, -0.1) is 0 Å². The zero-order valence-electron chi connectivity index (χ0n) is 13.6. The molecule has 3 heterocycles. The van der Waals surface area contributed by atoms with Crippen LogP contribution >= 0.6 is 0 Å². The number of nitrogens with two attached hydrogens (primary N) is 1. The summed E-state index contributed by atoms with van der Waals surface area (Å²) >= 11 is 0. The third kappa shape index (κ3) is 4.36. The van der Waals surface area contributed by atoms with Gasteiger partial charge in [0.1, 0.15) is 49.0 Å². The van der Waals surface area contributed by atoms with Gasteiger partial charge < -0.3 is 45.8 Å². The molecule has 1 radical (unpaired) electrons. The highest BCUT2D eigenvalue weighted by Gasteiger charge is 2.43. The number of hydrogen-bond donors (Lipinski definition) is 7. The average Bonchev–Trinajstić information content (AvgIpc) is 3.09. The first-order valence-electron chi connectivity index (χ1n) is 7.73. The van der Waals surface area contributed by atoms with Crippen molar-refractivity contribution in [2.45, 2.75) is 42.9 Å². The van der Waals surface area contributed by atoms with Crippen molar-refractivity contribution in [2.75, 3.05) is 18.9 Å². The zero-order chi connectivity index (χ0) is 19.4. The van der Waals surface area contributed by atoms with Crippen LogP contribution in [-0.2, 0) is 9.47 Å². The van der Waals surface area contributed by atoms with E-state index in [1.165, 1.54) is 12.3 Å². The molecule has 26 heavy (non-hydrogen) atoms. The lowest BCUT2D eigenvalue weighted by atomic mass is 10.1. The summed E-state index contributed by atoms with van der Waals surface area (Å²) in [5.74, 6) is 0.0537. The highest BCUT2D eigenvalue weighted by atomic mass is 16.6. The lowest BCUT2D eigenvalue weighted by molar-refractivity contribution is -0.0549. The molecule has 0 saturated carbocycles. The van der Waals surface area contributed by atoms with Crippen LogP contribution in [-0.4, -0.2) is 90.0 Å². The molecule has 2 saturated heterocycles. The number of aliphatic hydroxyl groups excluding tert-OH is 6. The maximum atomic E-state index is 11.5. The molecule has 2 aliphatic rings. The normalized spacial score (nSPS) is 36.6. The molecular formula is C14H22N3O9. The van der Waals surface area contributed by atoms with E-state index in [9.17, 15) is 15.0 Å². The lowest BCUT2D eigenvalue weighted by Crippen LogP contribution is -2.36. The second-order valence-corrected chi connectivity index (χ2v) is 5.75. The van der Waals surface area contributed by atoms with Gasteiger partial charge >= 0.3 is 5.69 Å². The van der Waals surface area contributed by atoms with E-state index in [0.29, 0.717) is 0 Å². The van der Waals surface area contributed by atoms with E-state index in [2.05, 4.69) is 9.72 Å². The van der Waals surface area contributed by atoms with E-state index in [-0.39, 0.29) is 12.4 Å². The number of anilines is 1. The summed E-state index contributed by atoms with van der Waals surface area (Å²) in [6.45, 7) is 0.395. The summed E-state index contributed by atoms with van der Waals surface area (Å²) in [5.41, 5.74) is 4.63. The molecule has 0 aromatic carbocycles. The Kier molecular flexibility index (Phi) is 7.02. The fourth-order valence-corrected chi connectivity index (χ4v) is 2.44. The topological polar surface area (TPSA) is 201 Å². The smallest absolute Gasteiger partial charge is 0.351 e. The van der Waals surface area contributed by atoms with Crippen LogP contribution in [0.3, 0.4) is 0 Å². The highest BCUT2D eigenvalue weighted by Crippen LogP contribution is 2.27. The molecule has 8 N–H and O–H groups in total. The Bertz CT molecular complexity index is 642. The number of aromatic nitrogens is 2. The molecule has 147 valence electrons. The van der Waals surface area contributed by atoms with Crippen LogP contribution in [0.4, 0.5) is 5.82 Å². The summed E-state index contributed by atoms with van der Waals surface area (Å²) in [4.78, 5) is 15.0. The minimum absolute atomic E-state index is 0.0537. The third-order valence-corrected chi connectivity index (χ3v) is 3.95. The Morgan fingerprint density at radius 3 is 2.15 bits per heavy atom. The van der Waals surface area contributed by atoms with Crippen molar-refractivity contribution in [2.24, 2.45) is 0 Å². The monoisotopic (exact) mass is 376 g/mol. The van der Waals surface area contributed by atoms with Crippen LogP contribution in [0.15, 0.2) is 17.1 Å². The Balaban J connectivity index is 0.000000228. The summed E-state index contributed by atoms with van der Waals surface area (Å²) in [6, 6.07) is 1.37. The fraction of sp³-hybridized carbons (Fsp3) is 0.643. The number of rotatable bonds is 3. The van der Waals surface area contributed by atoms with Gasteiger partial charge in [0.15, 0.2) is 6.23 Å². The van der Waals surface area contributed by atoms with E-state index < -0.39 is 55.1 Å². The Morgan fingerprint density at radius 1 is 1.08 bits per heavy atom. The number of hydrogen-bond acceptors (Lipinski definition) is 11. The maximum Gasteiger partial charge on any atom is 0.351 e. The summed E-state index contributed by atoms with van der Waals surface area (Å²) in [5, 5.41) is 54.2. The number of nitrogens with zero attached hydrogens (tertiary/aromatic N) is 2. The van der Waals surface area contributed by atoms with Gasteiger partial charge in [-0.3, -0.25) is 4.57 Å². The predicted octanol–water partition coefficient (Wildman–Crippen LogP) is -4.30. The Labute approximate surface area is 147 Å². The average molecular weight is 376 g/mol. The molecule has 0 amide bonds. The largest absolute Gasteiger partial charge is 0.394 e. The molecular weight excluding hydrogens is 354 g/mol. The van der Waals surface area contributed by atoms with Crippen LogP contribution in [0.5, 0.6) is 0 Å². The van der Waals surface area contributed by atoms with Crippen molar-refractivity contribution in [1.29, 1.82) is 0 Å². The van der Waals surface area contributed by atoms with Gasteiger partial charge in [-0.2, -0.15) is 4.98 Å². The summed E-state index contributed by atoms with van der Waals surface area (Å²) < 4.78 is 10.8. The maximum absolute atomic E-state index is 11.5. The van der Waals surface area contributed by atoms with Crippen molar-refractivity contribution in [3.8, 4) is 0 Å². The SMILES string of the molecule is Nc1ccn([C@@H]2O[C@H](CO)C(O)C2O)c(=O)n1.OC[C@H]1O[CH][C@H](O)[C@@H]1O. The molecule has 2 unspecified atom stereocenters. The van der Waals surface area contributed by atoms with E-state index in [1.54, 1.807) is 0 Å². The van der Waals surface area contributed by atoms with E-state index in [1.807, 2.05) is 0 Å². The van der Waals surface area contributed by atoms with Crippen molar-refractivity contribution < 1.29 is 40.1 Å². The van der Waals surface area contributed by atoms with Gasteiger partial charge in [-0.25, -0.2) is 4.79 Å². The molecule has 0 aliphatic carbocycles. The molecule has 0 spiro atoms. The van der Waals surface area contributed by atoms with Crippen molar-refractivity contribution in [3.63, 3.8) is 0 Å². The van der Waals surface area contributed by atoms with Gasteiger partial charge in [-0.1, -0.05) is 0 Å². The Hall–Kier alpha value is -1.64. The molecule has 1 aromatic rings. The second kappa shape index (κ2) is 8.83. The van der Waals surface area contributed by atoms with Crippen molar-refractivity contribution >= 4 is 5.82 Å². The molecule has 2 fully saturated rings. The summed E-state index contributed by atoms with van der Waals surface area (Å²) in [7, 11) is 0. The molecule has 12 heteroatoms. The Morgan fingerprint density at radius 2 is 1.73 bits per heavy atom. The fourth-order valence-electron chi connectivity index (χ4n) is 2.44. The van der Waals surface area contributed by atoms with Crippen molar-refractivity contribution in [1.82, 2.24) is 9.55 Å². The molecule has 0 bridgehead atoms. The molecule has 12 nitrogen and oxygen atoms in total. The van der Waals surface area contributed by atoms with Crippen LogP contribution in [0.25, 0.3) is 0 Å². The number of aliphatic hydroxyl groups is 6. The minimum atomic E-state index is -1.31. The zero-order valence-corrected chi connectivity index (χ0v) is 13.6.